The number of nitrogens with one attached hydrogen (secondary N) is 2. The Morgan fingerprint density at radius 3 is 2.61 bits per heavy atom. The van der Waals surface area contributed by atoms with E-state index in [0.29, 0.717) is 25.7 Å². The summed E-state index contributed by atoms with van der Waals surface area (Å²) in [5, 5.41) is 12.4. The molecule has 8 heteroatoms. The van der Waals surface area contributed by atoms with Gasteiger partial charge in [0.1, 0.15) is 11.9 Å². The molecule has 1 aromatic heterocycles. The molecule has 7 nitrogen and oxygen atoms in total. The number of sulfonamides is 1. The zero-order valence-electron chi connectivity index (χ0n) is 18.4. The average Bonchev–Trinajstić information content (AvgIpc) is 2.78. The predicted octanol–water partition coefficient (Wildman–Crippen LogP) is 4.03. The van der Waals surface area contributed by atoms with Crippen LogP contribution in [0.2, 0.25) is 0 Å². The molecule has 3 N–H and O–H groups in total. The number of fused-ring (bicyclic) bond motifs is 1. The van der Waals surface area contributed by atoms with Gasteiger partial charge < -0.3 is 10.4 Å². The fourth-order valence-electron chi connectivity index (χ4n) is 4.60. The molecule has 1 aliphatic carbocycles. The van der Waals surface area contributed by atoms with E-state index in [2.05, 4.69) is 22.2 Å². The molecule has 1 aliphatic heterocycles. The van der Waals surface area contributed by atoms with E-state index in [9.17, 15) is 18.3 Å². The molecule has 2 heterocycles. The zero-order chi connectivity index (χ0) is 22.1. The summed E-state index contributed by atoms with van der Waals surface area (Å²) in [6, 6.07) is 3.30. The molecule has 0 saturated heterocycles. The Morgan fingerprint density at radius 1 is 1.10 bits per heavy atom. The topological polar surface area (TPSA) is 108 Å². The second-order valence-corrected chi connectivity index (χ2v) is 11.0. The van der Waals surface area contributed by atoms with Crippen molar-refractivity contribution in [2.75, 3.05) is 11.9 Å². The first kappa shape index (κ1) is 24.0. The SMILES string of the molecule is O=C(O)C(CCCCCCCc1ccc2c(n1)NCCC2)NS(=O)(=O)C1CCCCC1. The summed E-state index contributed by atoms with van der Waals surface area (Å²) in [5.74, 6) is -0.0365. The van der Waals surface area contributed by atoms with Gasteiger partial charge in [0.25, 0.3) is 0 Å². The van der Waals surface area contributed by atoms with Crippen molar-refractivity contribution in [3.63, 3.8) is 0 Å². The van der Waals surface area contributed by atoms with Crippen molar-refractivity contribution in [3.05, 3.63) is 23.4 Å². The van der Waals surface area contributed by atoms with Crippen molar-refractivity contribution < 1.29 is 18.3 Å². The molecule has 2 aliphatic rings. The summed E-state index contributed by atoms with van der Waals surface area (Å²) < 4.78 is 27.5. The van der Waals surface area contributed by atoms with Gasteiger partial charge in [0, 0.05) is 12.2 Å². The highest BCUT2D eigenvalue weighted by Crippen LogP contribution is 2.24. The first-order valence-corrected chi connectivity index (χ1v) is 13.5. The van der Waals surface area contributed by atoms with Gasteiger partial charge in [-0.1, -0.05) is 51.0 Å². The third-order valence-electron chi connectivity index (χ3n) is 6.47. The van der Waals surface area contributed by atoms with Crippen LogP contribution in [0, 0.1) is 0 Å². The van der Waals surface area contributed by atoms with E-state index in [4.69, 9.17) is 4.98 Å². The molecular formula is C23H37N3O4S. The number of carbonyl (C=O) groups is 1. The zero-order valence-corrected chi connectivity index (χ0v) is 19.3. The molecule has 1 atom stereocenters. The van der Waals surface area contributed by atoms with Crippen LogP contribution in [0.5, 0.6) is 0 Å². The number of aromatic nitrogens is 1. The van der Waals surface area contributed by atoms with Crippen molar-refractivity contribution in [2.24, 2.45) is 0 Å². The number of aliphatic carboxylic acids is 1. The number of pyridine rings is 1. The van der Waals surface area contributed by atoms with Crippen LogP contribution in [-0.4, -0.2) is 42.3 Å². The van der Waals surface area contributed by atoms with Gasteiger partial charge in [0.15, 0.2) is 0 Å². The first-order valence-electron chi connectivity index (χ1n) is 11.9. The van der Waals surface area contributed by atoms with E-state index in [1.807, 2.05) is 0 Å². The Labute approximate surface area is 186 Å². The summed E-state index contributed by atoms with van der Waals surface area (Å²) in [7, 11) is -3.56. The lowest BCUT2D eigenvalue weighted by Crippen LogP contribution is -2.45. The highest BCUT2D eigenvalue weighted by Gasteiger charge is 2.31. The lowest BCUT2D eigenvalue weighted by molar-refractivity contribution is -0.139. The second kappa shape index (κ2) is 11.8. The van der Waals surface area contributed by atoms with Crippen LogP contribution in [0.4, 0.5) is 5.82 Å². The quantitative estimate of drug-likeness (QED) is 0.414. The van der Waals surface area contributed by atoms with Gasteiger partial charge >= 0.3 is 5.97 Å². The molecule has 0 aromatic carbocycles. The van der Waals surface area contributed by atoms with Crippen molar-refractivity contribution in [1.29, 1.82) is 0 Å². The van der Waals surface area contributed by atoms with Gasteiger partial charge in [0.2, 0.25) is 10.0 Å². The monoisotopic (exact) mass is 451 g/mol. The lowest BCUT2D eigenvalue weighted by atomic mass is 10.0. The number of hydrogen-bond donors (Lipinski definition) is 3. The molecule has 1 fully saturated rings. The Bertz CT molecular complexity index is 822. The fourth-order valence-corrected chi connectivity index (χ4v) is 6.36. The standard InChI is InChI=1S/C23H37N3O4S/c27-23(28)21(26-31(29,30)20-12-6-4-7-13-20)14-8-3-1-2-5-11-19-16-15-18-10-9-17-24-22(18)25-19/h15-16,20-21,26H,1-14,17H2,(H,24,25)(H,27,28). The van der Waals surface area contributed by atoms with Crippen molar-refractivity contribution in [2.45, 2.75) is 101 Å². The van der Waals surface area contributed by atoms with Crippen molar-refractivity contribution in [3.8, 4) is 0 Å². The van der Waals surface area contributed by atoms with Crippen LogP contribution in [0.25, 0.3) is 0 Å². The van der Waals surface area contributed by atoms with E-state index in [1.54, 1.807) is 0 Å². The molecule has 0 spiro atoms. The van der Waals surface area contributed by atoms with Crippen LogP contribution in [0.1, 0.15) is 88.3 Å². The van der Waals surface area contributed by atoms with E-state index in [1.165, 1.54) is 12.0 Å². The maximum absolute atomic E-state index is 12.5. The largest absolute Gasteiger partial charge is 0.480 e. The van der Waals surface area contributed by atoms with Crippen LogP contribution >= 0.6 is 0 Å². The summed E-state index contributed by atoms with van der Waals surface area (Å²) in [5.41, 5.74) is 2.43. The summed E-state index contributed by atoms with van der Waals surface area (Å²) in [4.78, 5) is 16.3. The third-order valence-corrected chi connectivity index (χ3v) is 8.44. The van der Waals surface area contributed by atoms with Crippen LogP contribution < -0.4 is 10.0 Å². The molecule has 0 amide bonds. The minimum atomic E-state index is -3.56. The minimum absolute atomic E-state index is 0.347. The maximum atomic E-state index is 12.5. The van der Waals surface area contributed by atoms with E-state index in [-0.39, 0.29) is 0 Å². The number of rotatable bonds is 12. The Kier molecular flexibility index (Phi) is 9.14. The molecule has 174 valence electrons. The molecule has 31 heavy (non-hydrogen) atoms. The van der Waals surface area contributed by atoms with Crippen molar-refractivity contribution >= 4 is 21.8 Å². The summed E-state index contributed by atoms with van der Waals surface area (Å²) in [6.45, 7) is 0.998. The molecule has 1 aromatic rings. The molecule has 3 rings (SSSR count). The fraction of sp³-hybridized carbons (Fsp3) is 0.739. The number of carboxylic acids is 1. The van der Waals surface area contributed by atoms with Gasteiger partial charge in [0.05, 0.1) is 5.25 Å². The predicted molar refractivity (Wildman–Crippen MR) is 123 cm³/mol. The van der Waals surface area contributed by atoms with E-state index >= 15 is 0 Å². The molecule has 1 saturated carbocycles. The minimum Gasteiger partial charge on any atom is -0.480 e. The number of hydrogen-bond acceptors (Lipinski definition) is 5. The second-order valence-electron chi connectivity index (χ2n) is 8.96. The number of nitrogens with zero attached hydrogens (tertiary/aromatic N) is 1. The molecule has 0 bridgehead atoms. The Balaban J connectivity index is 1.32. The van der Waals surface area contributed by atoms with Crippen LogP contribution in [0.15, 0.2) is 12.1 Å². The molecular weight excluding hydrogens is 414 g/mol. The highest BCUT2D eigenvalue weighted by atomic mass is 32.2. The number of unbranched alkanes of at least 4 members (excludes halogenated alkanes) is 4. The normalized spacial score (nSPS) is 18.2. The van der Waals surface area contributed by atoms with Crippen molar-refractivity contribution in [1.82, 2.24) is 9.71 Å². The number of anilines is 1. The average molecular weight is 452 g/mol. The number of aryl methyl sites for hydroxylation is 2. The number of carboxylic acid groups (broad SMARTS) is 1. The highest BCUT2D eigenvalue weighted by molar-refractivity contribution is 7.90. The van der Waals surface area contributed by atoms with Gasteiger partial charge in [-0.15, -0.1) is 0 Å². The van der Waals surface area contributed by atoms with Gasteiger partial charge in [-0.2, -0.15) is 0 Å². The maximum Gasteiger partial charge on any atom is 0.321 e. The first-order chi connectivity index (χ1) is 15.0. The van der Waals surface area contributed by atoms with E-state index in [0.717, 1.165) is 75.8 Å². The van der Waals surface area contributed by atoms with Crippen LogP contribution in [-0.2, 0) is 27.7 Å². The molecule has 1 unspecified atom stereocenters. The Hall–Kier alpha value is -1.67. The summed E-state index contributed by atoms with van der Waals surface area (Å²) in [6.07, 6.45) is 12.5. The Morgan fingerprint density at radius 2 is 1.84 bits per heavy atom. The van der Waals surface area contributed by atoms with Gasteiger partial charge in [-0.05, 0) is 56.6 Å². The van der Waals surface area contributed by atoms with Gasteiger partial charge in [-0.3, -0.25) is 4.79 Å². The van der Waals surface area contributed by atoms with Gasteiger partial charge in [-0.25, -0.2) is 18.1 Å². The lowest BCUT2D eigenvalue weighted by Gasteiger charge is -2.24. The summed E-state index contributed by atoms with van der Waals surface area (Å²) >= 11 is 0. The molecule has 0 radical (unpaired) electrons. The third kappa shape index (κ3) is 7.45. The van der Waals surface area contributed by atoms with Crippen LogP contribution in [0.3, 0.4) is 0 Å². The smallest absolute Gasteiger partial charge is 0.321 e. The van der Waals surface area contributed by atoms with E-state index < -0.39 is 27.3 Å².